The molecule has 0 bridgehead atoms. The molecule has 1 unspecified atom stereocenters. The van der Waals surface area contributed by atoms with Crippen LogP contribution in [0.2, 0.25) is 0 Å². The minimum Gasteiger partial charge on any atom is -0.494 e. The van der Waals surface area contributed by atoms with E-state index in [1.54, 1.807) is 19.9 Å². The summed E-state index contributed by atoms with van der Waals surface area (Å²) in [5.41, 5.74) is 0.339. The van der Waals surface area contributed by atoms with Crippen LogP contribution in [0.4, 0.5) is 18.9 Å². The number of nitrogens with zero attached hydrogens (tertiary/aromatic N) is 4. The van der Waals surface area contributed by atoms with Crippen molar-refractivity contribution >= 4 is 23.4 Å². The number of carbonyl (C=O) groups is 1. The number of aryl methyl sites for hydroxylation is 1. The first-order chi connectivity index (χ1) is 15.1. The predicted molar refractivity (Wildman–Crippen MR) is 115 cm³/mol. The largest absolute Gasteiger partial charge is 0.494 e. The summed E-state index contributed by atoms with van der Waals surface area (Å²) in [6, 6.07) is 10.4. The van der Waals surface area contributed by atoms with Gasteiger partial charge in [0.05, 0.1) is 23.6 Å². The van der Waals surface area contributed by atoms with Crippen molar-refractivity contribution in [1.29, 1.82) is 0 Å². The zero-order chi connectivity index (χ0) is 23.5. The zero-order valence-corrected chi connectivity index (χ0v) is 18.7. The highest BCUT2D eigenvalue weighted by Crippen LogP contribution is 2.36. The van der Waals surface area contributed by atoms with E-state index in [0.29, 0.717) is 16.6 Å². The molecule has 0 radical (unpaired) electrons. The van der Waals surface area contributed by atoms with E-state index in [9.17, 15) is 18.0 Å². The van der Waals surface area contributed by atoms with Crippen LogP contribution in [-0.4, -0.2) is 38.5 Å². The van der Waals surface area contributed by atoms with Gasteiger partial charge in [0, 0.05) is 0 Å². The highest BCUT2D eigenvalue weighted by Gasteiger charge is 2.35. The number of amides is 1. The lowest BCUT2D eigenvalue weighted by Crippen LogP contribution is -2.30. The summed E-state index contributed by atoms with van der Waals surface area (Å²) >= 11 is 1.07. The number of carbonyl (C=O) groups excluding carboxylic acids is 1. The van der Waals surface area contributed by atoms with Gasteiger partial charge in [0.2, 0.25) is 11.1 Å². The SMILES string of the molecule is COc1ccc(C)cc1-n1nnnc1SC(C(=O)Nc1ccccc1C(F)(F)F)C(C)C. The number of methoxy groups -OCH3 is 1. The summed E-state index contributed by atoms with van der Waals surface area (Å²) in [6.45, 7) is 5.51. The molecule has 0 spiro atoms. The molecule has 0 aliphatic heterocycles. The zero-order valence-electron chi connectivity index (χ0n) is 17.8. The van der Waals surface area contributed by atoms with Gasteiger partial charge in [0.25, 0.3) is 0 Å². The van der Waals surface area contributed by atoms with E-state index in [4.69, 9.17) is 4.74 Å². The lowest BCUT2D eigenvalue weighted by Gasteiger charge is -2.21. The lowest BCUT2D eigenvalue weighted by atomic mass is 10.1. The van der Waals surface area contributed by atoms with Crippen LogP contribution in [-0.2, 0) is 11.0 Å². The monoisotopic (exact) mass is 465 g/mol. The van der Waals surface area contributed by atoms with Crippen molar-refractivity contribution in [3.8, 4) is 11.4 Å². The van der Waals surface area contributed by atoms with E-state index < -0.39 is 22.9 Å². The van der Waals surface area contributed by atoms with Gasteiger partial charge in [0.15, 0.2) is 0 Å². The van der Waals surface area contributed by atoms with Crippen molar-refractivity contribution in [2.24, 2.45) is 5.92 Å². The smallest absolute Gasteiger partial charge is 0.418 e. The van der Waals surface area contributed by atoms with E-state index in [0.717, 1.165) is 23.4 Å². The number of halogens is 3. The second-order valence-corrected chi connectivity index (χ2v) is 8.47. The molecule has 3 rings (SSSR count). The molecule has 0 aliphatic carbocycles. The van der Waals surface area contributed by atoms with Gasteiger partial charge >= 0.3 is 6.18 Å². The van der Waals surface area contributed by atoms with Gasteiger partial charge < -0.3 is 10.1 Å². The average molecular weight is 466 g/mol. The fourth-order valence-electron chi connectivity index (χ4n) is 3.02. The molecule has 1 heterocycles. The van der Waals surface area contributed by atoms with Gasteiger partial charge in [-0.25, -0.2) is 0 Å². The summed E-state index contributed by atoms with van der Waals surface area (Å²) in [4.78, 5) is 13.0. The number of hydrogen-bond donors (Lipinski definition) is 1. The fraction of sp³-hybridized carbons (Fsp3) is 0.333. The van der Waals surface area contributed by atoms with Gasteiger partial charge in [-0.1, -0.05) is 43.8 Å². The number of nitrogens with one attached hydrogen (secondary N) is 1. The van der Waals surface area contributed by atoms with Crippen LogP contribution in [0.15, 0.2) is 47.6 Å². The molecule has 1 atom stereocenters. The number of aromatic nitrogens is 4. The van der Waals surface area contributed by atoms with Crippen LogP contribution in [0, 0.1) is 12.8 Å². The van der Waals surface area contributed by atoms with Gasteiger partial charge in [-0.2, -0.15) is 17.9 Å². The maximum Gasteiger partial charge on any atom is 0.418 e. The Morgan fingerprint density at radius 1 is 1.19 bits per heavy atom. The second kappa shape index (κ2) is 9.60. The normalized spacial score (nSPS) is 12.6. The van der Waals surface area contributed by atoms with Crippen molar-refractivity contribution in [2.75, 3.05) is 12.4 Å². The third-order valence-electron chi connectivity index (χ3n) is 4.59. The minimum absolute atomic E-state index is 0.220. The first-order valence-corrected chi connectivity index (χ1v) is 10.6. The first kappa shape index (κ1) is 23.6. The van der Waals surface area contributed by atoms with Crippen molar-refractivity contribution < 1.29 is 22.7 Å². The summed E-state index contributed by atoms with van der Waals surface area (Å²) in [7, 11) is 1.52. The number of thioether (sulfide) groups is 1. The summed E-state index contributed by atoms with van der Waals surface area (Å²) in [6.07, 6.45) is -4.59. The van der Waals surface area contributed by atoms with Crippen molar-refractivity contribution in [3.63, 3.8) is 0 Å². The molecule has 2 aromatic carbocycles. The van der Waals surface area contributed by atoms with Crippen LogP contribution in [0.5, 0.6) is 5.75 Å². The Morgan fingerprint density at radius 3 is 2.56 bits per heavy atom. The lowest BCUT2D eigenvalue weighted by molar-refractivity contribution is -0.137. The van der Waals surface area contributed by atoms with Gasteiger partial charge in [-0.3, -0.25) is 4.79 Å². The van der Waals surface area contributed by atoms with Crippen LogP contribution in [0.1, 0.15) is 25.0 Å². The fourth-order valence-corrected chi connectivity index (χ4v) is 4.00. The average Bonchev–Trinajstić information content (AvgIpc) is 3.19. The highest BCUT2D eigenvalue weighted by atomic mass is 32.2. The Bertz CT molecular complexity index is 1100. The molecule has 170 valence electrons. The van der Waals surface area contributed by atoms with Gasteiger partial charge in [-0.15, -0.1) is 5.10 Å². The molecular weight excluding hydrogens is 443 g/mol. The molecule has 32 heavy (non-hydrogen) atoms. The van der Waals surface area contributed by atoms with Crippen molar-refractivity contribution in [2.45, 2.75) is 37.4 Å². The molecular formula is C21H22F3N5O2S. The minimum atomic E-state index is -4.59. The third kappa shape index (κ3) is 5.21. The summed E-state index contributed by atoms with van der Waals surface area (Å²) < 4.78 is 46.8. The van der Waals surface area contributed by atoms with E-state index in [2.05, 4.69) is 20.8 Å². The number of rotatable bonds is 7. The van der Waals surface area contributed by atoms with Crippen LogP contribution < -0.4 is 10.1 Å². The van der Waals surface area contributed by atoms with E-state index in [-0.39, 0.29) is 11.6 Å². The summed E-state index contributed by atoms with van der Waals surface area (Å²) in [5, 5.41) is 13.7. The summed E-state index contributed by atoms with van der Waals surface area (Å²) in [5.74, 6) is -0.260. The van der Waals surface area contributed by atoms with Crippen LogP contribution in [0.3, 0.4) is 0 Å². The number of para-hydroxylation sites is 1. The molecule has 1 amide bonds. The topological polar surface area (TPSA) is 81.9 Å². The number of benzene rings is 2. The molecule has 3 aromatic rings. The molecule has 0 fully saturated rings. The number of ether oxygens (including phenoxy) is 1. The number of anilines is 1. The third-order valence-corrected chi connectivity index (χ3v) is 6.07. The van der Waals surface area contributed by atoms with Crippen LogP contribution in [0.25, 0.3) is 5.69 Å². The Kier molecular flexibility index (Phi) is 7.07. The number of tetrazole rings is 1. The van der Waals surface area contributed by atoms with E-state index in [1.165, 1.54) is 30.0 Å². The van der Waals surface area contributed by atoms with Gasteiger partial charge in [-0.05, 0) is 53.1 Å². The number of hydrogen-bond acceptors (Lipinski definition) is 6. The maximum atomic E-state index is 13.3. The molecule has 11 heteroatoms. The molecule has 7 nitrogen and oxygen atoms in total. The van der Waals surface area contributed by atoms with Crippen molar-refractivity contribution in [3.05, 3.63) is 53.6 Å². The standard InChI is InChI=1S/C21H22F3N5O2S/c1-12(2)18(19(30)25-15-8-6-5-7-14(15)21(22,23)24)32-20-26-27-28-29(20)16-11-13(3)9-10-17(16)31-4/h5-12,18H,1-4H3,(H,25,30). The van der Waals surface area contributed by atoms with E-state index >= 15 is 0 Å². The maximum absolute atomic E-state index is 13.3. The molecule has 1 aromatic heterocycles. The predicted octanol–water partition coefficient (Wildman–Crippen LogP) is 4.75. The van der Waals surface area contributed by atoms with E-state index in [1.807, 2.05) is 19.1 Å². The Hall–Kier alpha value is -3.08. The Balaban J connectivity index is 1.90. The molecule has 0 aliphatic rings. The Morgan fingerprint density at radius 2 is 1.91 bits per heavy atom. The molecule has 0 saturated heterocycles. The van der Waals surface area contributed by atoms with Crippen molar-refractivity contribution in [1.82, 2.24) is 20.2 Å². The Labute approximate surface area is 187 Å². The van der Waals surface area contributed by atoms with Crippen LogP contribution >= 0.6 is 11.8 Å². The molecule has 0 saturated carbocycles. The second-order valence-electron chi connectivity index (χ2n) is 7.36. The van der Waals surface area contributed by atoms with Gasteiger partial charge in [0.1, 0.15) is 11.4 Å². The quantitative estimate of drug-likeness (QED) is 0.507. The first-order valence-electron chi connectivity index (χ1n) is 9.69. The highest BCUT2D eigenvalue weighted by molar-refractivity contribution is 8.00. The number of alkyl halides is 3. The molecule has 1 N–H and O–H groups in total.